The number of ether oxygens (including phenoxy) is 1. The van der Waals surface area contributed by atoms with Gasteiger partial charge in [0.2, 0.25) is 0 Å². The van der Waals surface area contributed by atoms with E-state index in [1.165, 1.54) is 5.56 Å². The molecule has 0 saturated heterocycles. The molecule has 1 saturated carbocycles. The van der Waals surface area contributed by atoms with Gasteiger partial charge in [-0.05, 0) is 17.7 Å². The molecule has 0 unspecified atom stereocenters. The summed E-state index contributed by atoms with van der Waals surface area (Å²) in [4.78, 5) is 0. The largest absolute Gasteiger partial charge is 0.389 e. The lowest BCUT2D eigenvalue weighted by molar-refractivity contribution is -0.126. The molecule has 0 spiro atoms. The molecule has 1 aliphatic carbocycles. The van der Waals surface area contributed by atoms with Gasteiger partial charge in [-0.3, -0.25) is 0 Å². The van der Waals surface area contributed by atoms with Crippen molar-refractivity contribution in [3.05, 3.63) is 34.3 Å². The van der Waals surface area contributed by atoms with Crippen LogP contribution in [0.3, 0.4) is 0 Å². The van der Waals surface area contributed by atoms with Crippen molar-refractivity contribution in [1.82, 2.24) is 0 Å². The molecule has 1 N–H and O–H groups in total. The molecule has 0 atom stereocenters. The molecule has 1 aromatic rings. The highest BCUT2D eigenvalue weighted by Crippen LogP contribution is 2.36. The average Bonchev–Trinajstić information content (AvgIpc) is 2.17. The third-order valence-electron chi connectivity index (χ3n) is 3.00. The van der Waals surface area contributed by atoms with Crippen LogP contribution < -0.4 is 0 Å². The van der Waals surface area contributed by atoms with Crippen LogP contribution in [0.4, 0.5) is 0 Å². The molecular weight excluding hydrogens is 256 g/mol. The molecule has 0 radical (unpaired) electrons. The summed E-state index contributed by atoms with van der Waals surface area (Å²) in [7, 11) is 1.70. The third kappa shape index (κ3) is 2.60. The number of hydrogen-bond donors (Lipinski definition) is 1. The summed E-state index contributed by atoms with van der Waals surface area (Å²) in [5.74, 6) is 0. The molecule has 3 heteroatoms. The van der Waals surface area contributed by atoms with Gasteiger partial charge in [0.05, 0.1) is 11.7 Å². The second-order valence-corrected chi connectivity index (χ2v) is 5.21. The summed E-state index contributed by atoms with van der Waals surface area (Å²) in [6, 6.07) is 8.10. The lowest BCUT2D eigenvalue weighted by Crippen LogP contribution is -2.49. The van der Waals surface area contributed by atoms with Crippen LogP contribution in [-0.4, -0.2) is 23.9 Å². The fourth-order valence-electron chi connectivity index (χ4n) is 2.08. The average molecular weight is 271 g/mol. The minimum Gasteiger partial charge on any atom is -0.389 e. The van der Waals surface area contributed by atoms with Crippen molar-refractivity contribution in [2.75, 3.05) is 7.11 Å². The zero-order chi connectivity index (χ0) is 10.9. The van der Waals surface area contributed by atoms with E-state index in [-0.39, 0.29) is 6.10 Å². The van der Waals surface area contributed by atoms with Crippen LogP contribution in [0.15, 0.2) is 28.7 Å². The van der Waals surface area contributed by atoms with Crippen LogP contribution in [0.1, 0.15) is 18.4 Å². The molecule has 0 amide bonds. The molecule has 1 aliphatic rings. The highest BCUT2D eigenvalue weighted by atomic mass is 79.9. The van der Waals surface area contributed by atoms with E-state index in [0.717, 1.165) is 23.7 Å². The topological polar surface area (TPSA) is 29.5 Å². The highest BCUT2D eigenvalue weighted by molar-refractivity contribution is 9.10. The highest BCUT2D eigenvalue weighted by Gasteiger charge is 2.42. The third-order valence-corrected chi connectivity index (χ3v) is 3.52. The van der Waals surface area contributed by atoms with Gasteiger partial charge < -0.3 is 9.84 Å². The van der Waals surface area contributed by atoms with Crippen molar-refractivity contribution in [3.8, 4) is 0 Å². The molecule has 0 aromatic heterocycles. The molecule has 82 valence electrons. The van der Waals surface area contributed by atoms with E-state index in [1.54, 1.807) is 7.11 Å². The predicted octanol–water partition coefficient (Wildman–Crippen LogP) is 2.53. The van der Waals surface area contributed by atoms with Crippen LogP contribution in [0.2, 0.25) is 0 Å². The minimum absolute atomic E-state index is 0.241. The first-order valence-corrected chi connectivity index (χ1v) is 5.90. The Morgan fingerprint density at radius 1 is 1.40 bits per heavy atom. The van der Waals surface area contributed by atoms with E-state index >= 15 is 0 Å². The van der Waals surface area contributed by atoms with Crippen molar-refractivity contribution in [3.63, 3.8) is 0 Å². The van der Waals surface area contributed by atoms with Crippen molar-refractivity contribution in [1.29, 1.82) is 0 Å². The van der Waals surface area contributed by atoms with Crippen molar-refractivity contribution < 1.29 is 9.84 Å². The summed E-state index contributed by atoms with van der Waals surface area (Å²) in [6.45, 7) is 0. The standard InChI is InChI=1S/C12H15BrO2/c1-15-11-7-12(14,8-11)6-9-2-4-10(13)5-3-9/h2-5,11,14H,6-8H2,1H3. The molecule has 1 aromatic carbocycles. The van der Waals surface area contributed by atoms with Gasteiger partial charge in [-0.15, -0.1) is 0 Å². The number of halogens is 1. The van der Waals surface area contributed by atoms with Crippen LogP contribution in [0, 0.1) is 0 Å². The van der Waals surface area contributed by atoms with Gasteiger partial charge in [-0.1, -0.05) is 28.1 Å². The Morgan fingerprint density at radius 2 is 2.00 bits per heavy atom. The minimum atomic E-state index is -0.547. The molecular formula is C12H15BrO2. The molecule has 2 rings (SSSR count). The second kappa shape index (κ2) is 4.24. The van der Waals surface area contributed by atoms with E-state index in [9.17, 15) is 5.11 Å². The first-order valence-electron chi connectivity index (χ1n) is 5.11. The van der Waals surface area contributed by atoms with E-state index < -0.39 is 5.60 Å². The Hall–Kier alpha value is -0.380. The SMILES string of the molecule is COC1CC(O)(Cc2ccc(Br)cc2)C1. The molecule has 0 bridgehead atoms. The van der Waals surface area contributed by atoms with Gasteiger partial charge in [0.15, 0.2) is 0 Å². The number of methoxy groups -OCH3 is 1. The smallest absolute Gasteiger partial charge is 0.0737 e. The lowest BCUT2D eigenvalue weighted by atomic mass is 9.74. The van der Waals surface area contributed by atoms with Crippen LogP contribution in [0.5, 0.6) is 0 Å². The summed E-state index contributed by atoms with van der Waals surface area (Å²) in [5.41, 5.74) is 0.629. The summed E-state index contributed by atoms with van der Waals surface area (Å²) in [6.07, 6.45) is 2.46. The Bertz CT molecular complexity index is 328. The van der Waals surface area contributed by atoms with Gasteiger partial charge in [-0.25, -0.2) is 0 Å². The van der Waals surface area contributed by atoms with Crippen molar-refractivity contribution in [2.45, 2.75) is 31.0 Å². The summed E-state index contributed by atoms with van der Waals surface area (Å²) in [5, 5.41) is 10.1. The normalized spacial score (nSPS) is 29.9. The Balaban J connectivity index is 1.95. The van der Waals surface area contributed by atoms with Crippen molar-refractivity contribution in [2.24, 2.45) is 0 Å². The van der Waals surface area contributed by atoms with Crippen LogP contribution in [0.25, 0.3) is 0 Å². The van der Waals surface area contributed by atoms with Gasteiger partial charge in [-0.2, -0.15) is 0 Å². The van der Waals surface area contributed by atoms with Crippen molar-refractivity contribution >= 4 is 15.9 Å². The van der Waals surface area contributed by atoms with Crippen LogP contribution >= 0.6 is 15.9 Å². The maximum atomic E-state index is 10.1. The fourth-order valence-corrected chi connectivity index (χ4v) is 2.35. The number of benzene rings is 1. The van der Waals surface area contributed by atoms with E-state index in [2.05, 4.69) is 15.9 Å². The van der Waals surface area contributed by atoms with E-state index in [0.29, 0.717) is 0 Å². The van der Waals surface area contributed by atoms with E-state index in [1.807, 2.05) is 24.3 Å². The lowest BCUT2D eigenvalue weighted by Gasteiger charge is -2.42. The molecule has 2 nitrogen and oxygen atoms in total. The molecule has 15 heavy (non-hydrogen) atoms. The zero-order valence-electron chi connectivity index (χ0n) is 8.74. The molecule has 1 fully saturated rings. The fraction of sp³-hybridized carbons (Fsp3) is 0.500. The predicted molar refractivity (Wildman–Crippen MR) is 62.8 cm³/mol. The number of hydrogen-bond acceptors (Lipinski definition) is 2. The summed E-state index contributed by atoms with van der Waals surface area (Å²) >= 11 is 3.39. The van der Waals surface area contributed by atoms with Gasteiger partial charge in [0, 0.05) is 30.8 Å². The van der Waals surface area contributed by atoms with Crippen LogP contribution in [-0.2, 0) is 11.2 Å². The summed E-state index contributed by atoms with van der Waals surface area (Å²) < 4.78 is 6.24. The molecule has 0 aliphatic heterocycles. The maximum Gasteiger partial charge on any atom is 0.0737 e. The second-order valence-electron chi connectivity index (χ2n) is 4.29. The number of aliphatic hydroxyl groups is 1. The van der Waals surface area contributed by atoms with Gasteiger partial charge >= 0.3 is 0 Å². The Kier molecular flexibility index (Phi) is 3.14. The quantitative estimate of drug-likeness (QED) is 0.915. The van der Waals surface area contributed by atoms with E-state index in [4.69, 9.17) is 4.74 Å². The first-order chi connectivity index (χ1) is 7.11. The van der Waals surface area contributed by atoms with Gasteiger partial charge in [0.1, 0.15) is 0 Å². The molecule has 0 heterocycles. The zero-order valence-corrected chi connectivity index (χ0v) is 10.3. The number of rotatable bonds is 3. The maximum absolute atomic E-state index is 10.1. The van der Waals surface area contributed by atoms with Gasteiger partial charge in [0.25, 0.3) is 0 Å². The Labute approximate surface area is 98.4 Å². The Morgan fingerprint density at radius 3 is 2.53 bits per heavy atom. The monoisotopic (exact) mass is 270 g/mol. The first kappa shape index (κ1) is 11.1.